The van der Waals surface area contributed by atoms with E-state index in [0.29, 0.717) is 0 Å². The van der Waals surface area contributed by atoms with E-state index in [1.165, 1.54) is 30.3 Å². The lowest BCUT2D eigenvalue weighted by Gasteiger charge is -2.05. The van der Waals surface area contributed by atoms with Crippen LogP contribution in [-0.2, 0) is 16.6 Å². The predicted octanol–water partition coefficient (Wildman–Crippen LogP) is 1.92. The fourth-order valence-electron chi connectivity index (χ4n) is 1.47. The first kappa shape index (κ1) is 14.4. The van der Waals surface area contributed by atoms with Gasteiger partial charge in [0.15, 0.2) is 0 Å². The molecule has 2 aromatic rings. The number of non-ortho nitro benzene ring substituents is 1. The van der Waals surface area contributed by atoms with Crippen molar-refractivity contribution in [2.45, 2.75) is 10.8 Å². The molecule has 9 heteroatoms. The molecule has 0 aliphatic rings. The Morgan fingerprint density at radius 1 is 1.20 bits per heavy atom. The van der Waals surface area contributed by atoms with Crippen LogP contribution in [-0.4, -0.2) is 13.3 Å². The molecule has 0 saturated carbocycles. The van der Waals surface area contributed by atoms with Crippen LogP contribution in [0.1, 0.15) is 4.88 Å². The van der Waals surface area contributed by atoms with Crippen LogP contribution in [0.2, 0.25) is 0 Å². The van der Waals surface area contributed by atoms with Crippen LogP contribution in [0.25, 0.3) is 0 Å². The van der Waals surface area contributed by atoms with E-state index >= 15 is 0 Å². The second kappa shape index (κ2) is 5.57. The lowest BCUT2D eigenvalue weighted by atomic mass is 10.3. The van der Waals surface area contributed by atoms with Gasteiger partial charge in [-0.15, -0.1) is 11.3 Å². The average molecular weight is 313 g/mol. The van der Waals surface area contributed by atoms with Gasteiger partial charge in [0.25, 0.3) is 15.7 Å². The summed E-state index contributed by atoms with van der Waals surface area (Å²) in [6.07, 6.45) is 0. The zero-order chi connectivity index (χ0) is 14.8. The first-order chi connectivity index (χ1) is 9.42. The fourth-order valence-corrected chi connectivity index (χ4v) is 3.76. The molecule has 1 heterocycles. The van der Waals surface area contributed by atoms with Crippen molar-refractivity contribution < 1.29 is 13.3 Å². The summed E-state index contributed by atoms with van der Waals surface area (Å²) in [4.78, 5) is 10.7. The summed E-state index contributed by atoms with van der Waals surface area (Å²) in [6.45, 7) is 0.276. The van der Waals surface area contributed by atoms with E-state index < -0.39 is 14.9 Å². The van der Waals surface area contributed by atoms with Gasteiger partial charge in [-0.2, -0.15) is 0 Å². The Morgan fingerprint density at radius 3 is 2.35 bits per heavy atom. The number of nitro benzene ring substituents is 1. The molecule has 2 rings (SSSR count). The summed E-state index contributed by atoms with van der Waals surface area (Å²) in [7, 11) is -3.69. The number of thiophene rings is 1. The number of nitrogens with two attached hydrogens (primary N) is 1. The Kier molecular flexibility index (Phi) is 4.02. The van der Waals surface area contributed by atoms with Crippen LogP contribution in [0.3, 0.4) is 0 Å². The first-order valence-corrected chi connectivity index (χ1v) is 7.78. The molecule has 0 aliphatic carbocycles. The van der Waals surface area contributed by atoms with Crippen molar-refractivity contribution in [3.8, 4) is 0 Å². The summed E-state index contributed by atoms with van der Waals surface area (Å²) in [5.74, 6) is 0. The summed E-state index contributed by atoms with van der Waals surface area (Å²) in [6, 6.07) is 8.27. The van der Waals surface area contributed by atoms with Crippen molar-refractivity contribution in [1.29, 1.82) is 0 Å². The molecular weight excluding hydrogens is 302 g/mol. The van der Waals surface area contributed by atoms with Gasteiger partial charge < -0.3 is 5.73 Å². The molecular formula is C11H11N3O4S2. The van der Waals surface area contributed by atoms with E-state index in [1.54, 1.807) is 6.07 Å². The molecule has 20 heavy (non-hydrogen) atoms. The van der Waals surface area contributed by atoms with Gasteiger partial charge in [-0.05, 0) is 24.3 Å². The standard InChI is InChI=1S/C11H11N3O4S2/c12-7-10-5-6-11(19-10)20(17,18)13-8-1-3-9(4-2-8)14(15)16/h1-6,13H,7,12H2. The van der Waals surface area contributed by atoms with Crippen molar-refractivity contribution >= 4 is 32.7 Å². The van der Waals surface area contributed by atoms with Gasteiger partial charge in [0.05, 0.1) is 4.92 Å². The molecule has 3 N–H and O–H groups in total. The van der Waals surface area contributed by atoms with Gasteiger partial charge in [0.2, 0.25) is 0 Å². The number of benzene rings is 1. The Morgan fingerprint density at radius 2 is 1.85 bits per heavy atom. The fraction of sp³-hybridized carbons (Fsp3) is 0.0909. The number of nitrogens with zero attached hydrogens (tertiary/aromatic N) is 1. The maximum absolute atomic E-state index is 12.1. The summed E-state index contributed by atoms with van der Waals surface area (Å²) in [5.41, 5.74) is 5.60. The van der Waals surface area contributed by atoms with Gasteiger partial charge in [0, 0.05) is 29.2 Å². The zero-order valence-electron chi connectivity index (χ0n) is 10.1. The Hall–Kier alpha value is -1.97. The predicted molar refractivity (Wildman–Crippen MR) is 76.1 cm³/mol. The third kappa shape index (κ3) is 3.13. The van der Waals surface area contributed by atoms with Gasteiger partial charge in [-0.25, -0.2) is 8.42 Å². The maximum atomic E-state index is 12.1. The Balaban J connectivity index is 2.21. The van der Waals surface area contributed by atoms with Crippen LogP contribution < -0.4 is 10.5 Å². The second-order valence-electron chi connectivity index (χ2n) is 3.83. The number of hydrogen-bond donors (Lipinski definition) is 2. The SMILES string of the molecule is NCc1ccc(S(=O)(=O)Nc2ccc([N+](=O)[O-])cc2)s1. The van der Waals surface area contributed by atoms with Crippen LogP contribution in [0.4, 0.5) is 11.4 Å². The Bertz CT molecular complexity index is 722. The molecule has 0 amide bonds. The van der Waals surface area contributed by atoms with Gasteiger partial charge >= 0.3 is 0 Å². The molecule has 0 unspecified atom stereocenters. The molecule has 7 nitrogen and oxygen atoms in total. The highest BCUT2D eigenvalue weighted by Gasteiger charge is 2.17. The molecule has 106 valence electrons. The molecule has 1 aromatic heterocycles. The number of hydrogen-bond acceptors (Lipinski definition) is 6. The van der Waals surface area contributed by atoms with E-state index in [4.69, 9.17) is 5.73 Å². The molecule has 0 spiro atoms. The summed E-state index contributed by atoms with van der Waals surface area (Å²) < 4.78 is 26.7. The molecule has 0 aliphatic heterocycles. The topological polar surface area (TPSA) is 115 Å². The third-order valence-electron chi connectivity index (χ3n) is 2.43. The molecule has 0 atom stereocenters. The largest absolute Gasteiger partial charge is 0.326 e. The van der Waals surface area contributed by atoms with Crippen LogP contribution in [0.15, 0.2) is 40.6 Å². The lowest BCUT2D eigenvalue weighted by molar-refractivity contribution is -0.384. The van der Waals surface area contributed by atoms with E-state index in [0.717, 1.165) is 16.2 Å². The summed E-state index contributed by atoms with van der Waals surface area (Å²) >= 11 is 1.08. The zero-order valence-corrected chi connectivity index (χ0v) is 11.8. The minimum atomic E-state index is -3.69. The molecule has 0 fully saturated rings. The minimum absolute atomic E-state index is 0.102. The average Bonchev–Trinajstić information content (AvgIpc) is 2.88. The van der Waals surface area contributed by atoms with Crippen molar-refractivity contribution in [2.75, 3.05) is 4.72 Å². The van der Waals surface area contributed by atoms with Gasteiger partial charge in [-0.3, -0.25) is 14.8 Å². The number of nitro groups is 1. The van der Waals surface area contributed by atoms with Crippen molar-refractivity contribution in [3.05, 3.63) is 51.4 Å². The van der Waals surface area contributed by atoms with Crippen molar-refractivity contribution in [2.24, 2.45) is 5.73 Å². The number of sulfonamides is 1. The van der Waals surface area contributed by atoms with E-state index in [-0.39, 0.29) is 22.1 Å². The molecule has 1 aromatic carbocycles. The molecule has 0 bridgehead atoms. The lowest BCUT2D eigenvalue weighted by Crippen LogP contribution is -2.11. The molecule has 0 saturated heterocycles. The van der Waals surface area contributed by atoms with E-state index in [9.17, 15) is 18.5 Å². The highest BCUT2D eigenvalue weighted by atomic mass is 32.2. The van der Waals surface area contributed by atoms with Crippen LogP contribution in [0, 0.1) is 10.1 Å². The molecule has 0 radical (unpaired) electrons. The highest BCUT2D eigenvalue weighted by Crippen LogP contribution is 2.24. The summed E-state index contributed by atoms with van der Waals surface area (Å²) in [5, 5.41) is 10.5. The monoisotopic (exact) mass is 313 g/mol. The maximum Gasteiger partial charge on any atom is 0.271 e. The Labute approximate surface area is 119 Å². The first-order valence-electron chi connectivity index (χ1n) is 5.48. The van der Waals surface area contributed by atoms with Gasteiger partial charge in [0.1, 0.15) is 4.21 Å². The van der Waals surface area contributed by atoms with Gasteiger partial charge in [-0.1, -0.05) is 0 Å². The number of anilines is 1. The quantitative estimate of drug-likeness (QED) is 0.646. The van der Waals surface area contributed by atoms with E-state index in [2.05, 4.69) is 4.72 Å². The van der Waals surface area contributed by atoms with Crippen LogP contribution >= 0.6 is 11.3 Å². The minimum Gasteiger partial charge on any atom is -0.326 e. The number of nitrogens with one attached hydrogen (secondary N) is 1. The van der Waals surface area contributed by atoms with E-state index in [1.807, 2.05) is 0 Å². The van der Waals surface area contributed by atoms with Crippen molar-refractivity contribution in [3.63, 3.8) is 0 Å². The van der Waals surface area contributed by atoms with Crippen molar-refractivity contribution in [1.82, 2.24) is 0 Å². The van der Waals surface area contributed by atoms with Crippen LogP contribution in [0.5, 0.6) is 0 Å². The second-order valence-corrected chi connectivity index (χ2v) is 6.91. The number of rotatable bonds is 5. The third-order valence-corrected chi connectivity index (χ3v) is 5.41. The normalized spacial score (nSPS) is 11.2. The highest BCUT2D eigenvalue weighted by molar-refractivity contribution is 7.94. The smallest absolute Gasteiger partial charge is 0.271 e.